The number of hydrogen-bond donors (Lipinski definition) is 2. The molecule has 0 heterocycles. The molecule has 16 heavy (non-hydrogen) atoms. The summed E-state index contributed by atoms with van der Waals surface area (Å²) in [4.78, 5) is 0. The van der Waals surface area contributed by atoms with Crippen molar-refractivity contribution in [3.8, 4) is 0 Å². The number of hydrogen-bond acceptors (Lipinski definition) is 3. The van der Waals surface area contributed by atoms with Gasteiger partial charge in [0.25, 0.3) is 0 Å². The molecule has 2 N–H and O–H groups in total. The molecule has 0 aromatic rings. The van der Waals surface area contributed by atoms with Crippen LogP contribution in [0.4, 0.5) is 0 Å². The van der Waals surface area contributed by atoms with Crippen LogP contribution in [0.1, 0.15) is 47.0 Å². The number of rotatable bonds is 5. The molecule has 96 valence electrons. The van der Waals surface area contributed by atoms with Gasteiger partial charge in [-0.15, -0.1) is 0 Å². The monoisotopic (exact) mass is 229 g/mol. The highest BCUT2D eigenvalue weighted by molar-refractivity contribution is 4.76. The fraction of sp³-hybridized carbons (Fsp3) is 1.00. The average molecular weight is 229 g/mol. The zero-order valence-corrected chi connectivity index (χ0v) is 11.1. The molecular weight excluding hydrogens is 202 g/mol. The molecule has 0 bridgehead atoms. The first-order valence-electron chi connectivity index (χ1n) is 6.43. The Balaban J connectivity index is 2.12. The van der Waals surface area contributed by atoms with E-state index in [1.54, 1.807) is 0 Å². The summed E-state index contributed by atoms with van der Waals surface area (Å²) in [7, 11) is 0. The van der Waals surface area contributed by atoms with Gasteiger partial charge in [0.05, 0.1) is 18.8 Å². The number of β-amino-alcohol motifs (C(OH)–C–C–N with tert-alkyl or cyclic N) is 1. The summed E-state index contributed by atoms with van der Waals surface area (Å²) >= 11 is 0. The molecule has 0 spiro atoms. The lowest BCUT2D eigenvalue weighted by molar-refractivity contribution is -0.0224. The predicted molar refractivity (Wildman–Crippen MR) is 66.5 cm³/mol. The summed E-state index contributed by atoms with van der Waals surface area (Å²) in [6.07, 6.45) is 3.65. The summed E-state index contributed by atoms with van der Waals surface area (Å²) in [6, 6.07) is 0. The van der Waals surface area contributed by atoms with Crippen LogP contribution < -0.4 is 5.32 Å². The summed E-state index contributed by atoms with van der Waals surface area (Å²) in [5, 5.41) is 13.0. The van der Waals surface area contributed by atoms with Crippen molar-refractivity contribution in [3.63, 3.8) is 0 Å². The van der Waals surface area contributed by atoms with Gasteiger partial charge in [-0.25, -0.2) is 0 Å². The molecule has 1 aliphatic carbocycles. The molecule has 0 saturated heterocycles. The zero-order valence-electron chi connectivity index (χ0n) is 11.1. The van der Waals surface area contributed by atoms with Crippen molar-refractivity contribution in [1.29, 1.82) is 0 Å². The summed E-state index contributed by atoms with van der Waals surface area (Å²) in [5.41, 5.74) is 0.0572. The number of aliphatic hydroxyl groups excluding tert-OH is 1. The molecule has 0 aromatic heterocycles. The number of nitrogens with one attached hydrogen (secondary N) is 1. The molecule has 0 aliphatic heterocycles. The van der Waals surface area contributed by atoms with Crippen molar-refractivity contribution in [3.05, 3.63) is 0 Å². The Bertz CT molecular complexity index is 201. The third-order valence-electron chi connectivity index (χ3n) is 3.15. The van der Waals surface area contributed by atoms with Crippen molar-refractivity contribution in [2.24, 2.45) is 5.92 Å². The molecule has 1 aliphatic rings. The fourth-order valence-corrected chi connectivity index (χ4v) is 2.08. The number of aliphatic hydroxyl groups is 1. The largest absolute Gasteiger partial charge is 0.389 e. The van der Waals surface area contributed by atoms with E-state index in [-0.39, 0.29) is 5.54 Å². The predicted octanol–water partition coefficient (Wildman–Crippen LogP) is 1.94. The van der Waals surface area contributed by atoms with Crippen molar-refractivity contribution < 1.29 is 9.84 Å². The highest BCUT2D eigenvalue weighted by Crippen LogP contribution is 2.27. The van der Waals surface area contributed by atoms with E-state index >= 15 is 0 Å². The molecular formula is C13H27NO2. The molecule has 1 saturated carbocycles. The van der Waals surface area contributed by atoms with Crippen LogP contribution in [0.2, 0.25) is 0 Å². The van der Waals surface area contributed by atoms with Gasteiger partial charge in [0.1, 0.15) is 0 Å². The van der Waals surface area contributed by atoms with E-state index in [0.29, 0.717) is 25.2 Å². The van der Waals surface area contributed by atoms with Crippen molar-refractivity contribution in [2.75, 3.05) is 13.2 Å². The Morgan fingerprint density at radius 1 is 1.38 bits per heavy atom. The zero-order chi connectivity index (χ0) is 12.2. The molecule has 3 atom stereocenters. The summed E-state index contributed by atoms with van der Waals surface area (Å²) in [6.45, 7) is 9.58. The van der Waals surface area contributed by atoms with Crippen LogP contribution in [0.15, 0.2) is 0 Å². The first-order valence-corrected chi connectivity index (χ1v) is 6.43. The molecule has 3 unspecified atom stereocenters. The van der Waals surface area contributed by atoms with E-state index in [0.717, 1.165) is 6.42 Å². The van der Waals surface area contributed by atoms with E-state index in [2.05, 4.69) is 33.0 Å². The lowest BCUT2D eigenvalue weighted by atomic mass is 10.1. The minimum absolute atomic E-state index is 0.0572. The van der Waals surface area contributed by atoms with Gasteiger partial charge in [-0.05, 0) is 39.5 Å². The minimum Gasteiger partial charge on any atom is -0.389 e. The van der Waals surface area contributed by atoms with Gasteiger partial charge in [0.15, 0.2) is 0 Å². The summed E-state index contributed by atoms with van der Waals surface area (Å²) in [5.74, 6) is 0.655. The van der Waals surface area contributed by atoms with Gasteiger partial charge in [-0.1, -0.05) is 13.3 Å². The highest BCUT2D eigenvalue weighted by Gasteiger charge is 2.24. The van der Waals surface area contributed by atoms with E-state index in [1.807, 2.05) is 0 Å². The van der Waals surface area contributed by atoms with E-state index < -0.39 is 6.10 Å². The highest BCUT2D eigenvalue weighted by atomic mass is 16.5. The smallest absolute Gasteiger partial charge is 0.0898 e. The standard InChI is InChI=1S/C13H27NO2/c1-10-6-5-7-12(10)16-9-11(15)8-14-13(2,3)4/h10-12,14-15H,5-9H2,1-4H3. The topological polar surface area (TPSA) is 41.5 Å². The van der Waals surface area contributed by atoms with Gasteiger partial charge >= 0.3 is 0 Å². The summed E-state index contributed by atoms with van der Waals surface area (Å²) < 4.78 is 5.75. The Kier molecular flexibility index (Phi) is 5.22. The van der Waals surface area contributed by atoms with E-state index in [1.165, 1.54) is 12.8 Å². The molecule has 3 nitrogen and oxygen atoms in total. The average Bonchev–Trinajstić information content (AvgIpc) is 2.57. The number of ether oxygens (including phenoxy) is 1. The van der Waals surface area contributed by atoms with Crippen LogP contribution >= 0.6 is 0 Å². The van der Waals surface area contributed by atoms with Crippen molar-refractivity contribution in [2.45, 2.75) is 64.7 Å². The van der Waals surface area contributed by atoms with E-state index in [9.17, 15) is 5.11 Å². The van der Waals surface area contributed by atoms with Crippen LogP contribution in [0.5, 0.6) is 0 Å². The minimum atomic E-state index is -0.396. The van der Waals surface area contributed by atoms with Crippen LogP contribution in [-0.2, 0) is 4.74 Å². The molecule has 0 radical (unpaired) electrons. The van der Waals surface area contributed by atoms with Crippen LogP contribution in [0.3, 0.4) is 0 Å². The maximum absolute atomic E-state index is 9.77. The maximum Gasteiger partial charge on any atom is 0.0898 e. The fourth-order valence-electron chi connectivity index (χ4n) is 2.08. The quantitative estimate of drug-likeness (QED) is 0.757. The van der Waals surface area contributed by atoms with E-state index in [4.69, 9.17) is 4.74 Å². The third kappa shape index (κ3) is 5.28. The maximum atomic E-state index is 9.77. The molecule has 3 heteroatoms. The Morgan fingerprint density at radius 3 is 2.56 bits per heavy atom. The Morgan fingerprint density at radius 2 is 2.06 bits per heavy atom. The SMILES string of the molecule is CC1CCCC1OCC(O)CNC(C)(C)C. The van der Waals surface area contributed by atoms with Gasteiger partial charge in [0, 0.05) is 12.1 Å². The van der Waals surface area contributed by atoms with Gasteiger partial charge in [0.2, 0.25) is 0 Å². The second kappa shape index (κ2) is 5.99. The van der Waals surface area contributed by atoms with Crippen LogP contribution in [-0.4, -0.2) is 36.0 Å². The first-order chi connectivity index (χ1) is 7.38. The van der Waals surface area contributed by atoms with Crippen LogP contribution in [0, 0.1) is 5.92 Å². The second-order valence-corrected chi connectivity index (χ2v) is 6.06. The van der Waals surface area contributed by atoms with Gasteiger partial charge in [-0.3, -0.25) is 0 Å². The molecule has 0 aromatic carbocycles. The second-order valence-electron chi connectivity index (χ2n) is 6.06. The lowest BCUT2D eigenvalue weighted by Gasteiger charge is -2.24. The molecule has 1 rings (SSSR count). The Hall–Kier alpha value is -0.120. The van der Waals surface area contributed by atoms with Gasteiger partial charge in [-0.2, -0.15) is 0 Å². The third-order valence-corrected chi connectivity index (χ3v) is 3.15. The molecule has 1 fully saturated rings. The first kappa shape index (κ1) is 13.9. The van der Waals surface area contributed by atoms with Crippen molar-refractivity contribution >= 4 is 0 Å². The Labute approximate surface area is 99.6 Å². The normalized spacial score (nSPS) is 28.3. The van der Waals surface area contributed by atoms with Gasteiger partial charge < -0.3 is 15.2 Å². The lowest BCUT2D eigenvalue weighted by Crippen LogP contribution is -2.42. The molecule has 0 amide bonds. The van der Waals surface area contributed by atoms with Crippen molar-refractivity contribution in [1.82, 2.24) is 5.32 Å². The van der Waals surface area contributed by atoms with Crippen LogP contribution in [0.25, 0.3) is 0 Å².